The van der Waals surface area contributed by atoms with Crippen molar-refractivity contribution in [3.05, 3.63) is 59.1 Å². The maximum absolute atomic E-state index is 13.0. The molecule has 3 rings (SSSR count). The third-order valence-electron chi connectivity index (χ3n) is 4.20. The number of aryl methyl sites for hydroxylation is 1. The van der Waals surface area contributed by atoms with Crippen LogP contribution in [0.25, 0.3) is 0 Å². The van der Waals surface area contributed by atoms with Crippen molar-refractivity contribution in [2.75, 3.05) is 17.3 Å². The molecule has 3 N–H and O–H groups in total. The van der Waals surface area contributed by atoms with Crippen molar-refractivity contribution >= 4 is 50.6 Å². The van der Waals surface area contributed by atoms with Crippen LogP contribution < -0.4 is 11.1 Å². The first-order valence-electron chi connectivity index (χ1n) is 8.50. The van der Waals surface area contributed by atoms with Crippen LogP contribution in [-0.2, 0) is 21.2 Å². The second-order valence-electron chi connectivity index (χ2n) is 6.21. The highest BCUT2D eigenvalue weighted by molar-refractivity contribution is 7.99. The number of carbonyl (C=O) groups is 1. The number of nitrogen functional groups attached to an aromatic ring is 1. The van der Waals surface area contributed by atoms with Crippen LogP contribution in [0.5, 0.6) is 0 Å². The standard InChI is InChI=1S/C19H19ClN4O3S2/c1-12-8-9-13(20)10-15(12)22-16(25)11-24-18(21)17(19(23-24)28-2)29(26,27)14-6-4-3-5-7-14/h3-10H,11,21H2,1-2H3,(H,22,25). The zero-order valence-corrected chi connectivity index (χ0v) is 18.1. The molecule has 2 aromatic carbocycles. The van der Waals surface area contributed by atoms with Crippen molar-refractivity contribution in [1.29, 1.82) is 0 Å². The van der Waals surface area contributed by atoms with Gasteiger partial charge >= 0.3 is 0 Å². The fourth-order valence-electron chi connectivity index (χ4n) is 2.71. The van der Waals surface area contributed by atoms with Crippen LogP contribution in [0.1, 0.15) is 5.56 Å². The monoisotopic (exact) mass is 450 g/mol. The fourth-order valence-corrected chi connectivity index (χ4v) is 5.34. The molecular weight excluding hydrogens is 432 g/mol. The first-order chi connectivity index (χ1) is 13.7. The number of anilines is 2. The summed E-state index contributed by atoms with van der Waals surface area (Å²) in [4.78, 5) is 12.5. The number of amides is 1. The van der Waals surface area contributed by atoms with E-state index < -0.39 is 15.7 Å². The number of carbonyl (C=O) groups excluding carboxylic acids is 1. The van der Waals surface area contributed by atoms with E-state index in [-0.39, 0.29) is 27.2 Å². The number of hydrogen-bond acceptors (Lipinski definition) is 6. The van der Waals surface area contributed by atoms with Crippen molar-refractivity contribution < 1.29 is 13.2 Å². The van der Waals surface area contributed by atoms with Gasteiger partial charge in [0.25, 0.3) is 0 Å². The van der Waals surface area contributed by atoms with Crippen molar-refractivity contribution in [2.24, 2.45) is 0 Å². The third-order valence-corrected chi connectivity index (χ3v) is 7.07. The fraction of sp³-hybridized carbons (Fsp3) is 0.158. The number of nitrogens with two attached hydrogens (primary N) is 1. The number of hydrogen-bond donors (Lipinski definition) is 2. The van der Waals surface area contributed by atoms with Gasteiger partial charge in [-0.3, -0.25) is 4.79 Å². The maximum atomic E-state index is 13.0. The average Bonchev–Trinajstić information content (AvgIpc) is 3.01. The number of sulfone groups is 1. The molecule has 0 atom stereocenters. The van der Waals surface area contributed by atoms with E-state index in [1.165, 1.54) is 16.8 Å². The Morgan fingerprint density at radius 1 is 1.24 bits per heavy atom. The van der Waals surface area contributed by atoms with Crippen LogP contribution in [-0.4, -0.2) is 30.4 Å². The average molecular weight is 451 g/mol. The van der Waals surface area contributed by atoms with Crippen LogP contribution in [0.2, 0.25) is 5.02 Å². The number of aromatic nitrogens is 2. The summed E-state index contributed by atoms with van der Waals surface area (Å²) in [5.74, 6) is -0.489. The summed E-state index contributed by atoms with van der Waals surface area (Å²) in [6.45, 7) is 1.60. The van der Waals surface area contributed by atoms with Crippen LogP contribution in [0.3, 0.4) is 0 Å². The van der Waals surface area contributed by atoms with E-state index >= 15 is 0 Å². The lowest BCUT2D eigenvalue weighted by Gasteiger charge is -2.10. The summed E-state index contributed by atoms with van der Waals surface area (Å²) < 4.78 is 27.3. The summed E-state index contributed by atoms with van der Waals surface area (Å²) >= 11 is 7.13. The number of rotatable bonds is 6. The predicted molar refractivity (Wildman–Crippen MR) is 115 cm³/mol. The van der Waals surface area contributed by atoms with Gasteiger partial charge in [0.05, 0.1) is 4.90 Å². The summed E-state index contributed by atoms with van der Waals surface area (Å²) in [5.41, 5.74) is 7.51. The molecular formula is C19H19ClN4O3S2. The minimum atomic E-state index is -3.88. The SMILES string of the molecule is CSc1nn(CC(=O)Nc2cc(Cl)ccc2C)c(N)c1S(=O)(=O)c1ccccc1. The highest BCUT2D eigenvalue weighted by Gasteiger charge is 2.29. The molecule has 0 aliphatic rings. The quantitative estimate of drug-likeness (QED) is 0.555. The largest absolute Gasteiger partial charge is 0.383 e. The van der Waals surface area contributed by atoms with Crippen LogP contribution in [0.4, 0.5) is 11.5 Å². The lowest BCUT2D eigenvalue weighted by atomic mass is 10.2. The molecule has 0 radical (unpaired) electrons. The van der Waals surface area contributed by atoms with Gasteiger partial charge in [-0.15, -0.1) is 11.8 Å². The van der Waals surface area contributed by atoms with Crippen molar-refractivity contribution in [1.82, 2.24) is 9.78 Å². The number of nitrogens with zero attached hydrogens (tertiary/aromatic N) is 2. The Kier molecular flexibility index (Phi) is 6.21. The van der Waals surface area contributed by atoms with Gasteiger partial charge in [-0.1, -0.05) is 35.9 Å². The van der Waals surface area contributed by atoms with Gasteiger partial charge in [0.15, 0.2) is 0 Å². The number of nitrogens with one attached hydrogen (secondary N) is 1. The number of halogens is 1. The lowest BCUT2D eigenvalue weighted by Crippen LogP contribution is -2.21. The van der Waals surface area contributed by atoms with Gasteiger partial charge in [-0.2, -0.15) is 5.10 Å². The molecule has 10 heteroatoms. The molecule has 0 aliphatic carbocycles. The highest BCUT2D eigenvalue weighted by Crippen LogP contribution is 2.33. The Balaban J connectivity index is 1.92. The summed E-state index contributed by atoms with van der Waals surface area (Å²) in [6, 6.07) is 13.1. The summed E-state index contributed by atoms with van der Waals surface area (Å²) in [5, 5.41) is 7.70. The Morgan fingerprint density at radius 3 is 2.59 bits per heavy atom. The van der Waals surface area contributed by atoms with Gasteiger partial charge in [0.2, 0.25) is 15.7 Å². The third kappa shape index (κ3) is 4.42. The van der Waals surface area contributed by atoms with Crippen molar-refractivity contribution in [3.8, 4) is 0 Å². The Hall–Kier alpha value is -2.49. The van der Waals surface area contributed by atoms with E-state index in [2.05, 4.69) is 10.4 Å². The molecule has 0 spiro atoms. The minimum absolute atomic E-state index is 0.0869. The molecule has 0 bridgehead atoms. The molecule has 0 saturated heterocycles. The molecule has 7 nitrogen and oxygen atoms in total. The molecule has 0 aliphatic heterocycles. The molecule has 1 aromatic heterocycles. The van der Waals surface area contributed by atoms with E-state index in [0.29, 0.717) is 10.7 Å². The van der Waals surface area contributed by atoms with Crippen LogP contribution in [0, 0.1) is 6.92 Å². The van der Waals surface area contributed by atoms with Crippen LogP contribution in [0.15, 0.2) is 63.3 Å². The highest BCUT2D eigenvalue weighted by atomic mass is 35.5. The molecule has 29 heavy (non-hydrogen) atoms. The summed E-state index contributed by atoms with van der Waals surface area (Å²) in [6.07, 6.45) is 1.70. The summed E-state index contributed by atoms with van der Waals surface area (Å²) in [7, 11) is -3.88. The Labute approximate surface area is 178 Å². The van der Waals surface area contributed by atoms with Gasteiger partial charge in [0, 0.05) is 10.7 Å². The van der Waals surface area contributed by atoms with Crippen molar-refractivity contribution in [3.63, 3.8) is 0 Å². The maximum Gasteiger partial charge on any atom is 0.246 e. The van der Waals surface area contributed by atoms with E-state index in [0.717, 1.165) is 17.3 Å². The molecule has 3 aromatic rings. The molecule has 0 fully saturated rings. The van der Waals surface area contributed by atoms with E-state index in [4.69, 9.17) is 17.3 Å². The topological polar surface area (TPSA) is 107 Å². The lowest BCUT2D eigenvalue weighted by molar-refractivity contribution is -0.116. The van der Waals surface area contributed by atoms with E-state index in [1.54, 1.807) is 42.7 Å². The van der Waals surface area contributed by atoms with Gasteiger partial charge in [-0.25, -0.2) is 13.1 Å². The second kappa shape index (κ2) is 8.48. The normalized spacial score (nSPS) is 11.4. The predicted octanol–water partition coefficient (Wildman–Crippen LogP) is 3.62. The molecule has 1 heterocycles. The molecule has 0 unspecified atom stereocenters. The van der Waals surface area contributed by atoms with E-state index in [9.17, 15) is 13.2 Å². The first-order valence-corrected chi connectivity index (χ1v) is 11.6. The van der Waals surface area contributed by atoms with Gasteiger partial charge in [-0.05, 0) is 43.0 Å². The smallest absolute Gasteiger partial charge is 0.246 e. The zero-order chi connectivity index (χ0) is 21.2. The molecule has 1 amide bonds. The van der Waals surface area contributed by atoms with Crippen molar-refractivity contribution in [2.45, 2.75) is 28.3 Å². The second-order valence-corrected chi connectivity index (χ2v) is 9.32. The van der Waals surface area contributed by atoms with Gasteiger partial charge in [0.1, 0.15) is 22.3 Å². The zero-order valence-electron chi connectivity index (χ0n) is 15.7. The van der Waals surface area contributed by atoms with Gasteiger partial charge < -0.3 is 11.1 Å². The van der Waals surface area contributed by atoms with Crippen LogP contribution >= 0.6 is 23.4 Å². The molecule has 152 valence electrons. The Morgan fingerprint density at radius 2 is 1.93 bits per heavy atom. The minimum Gasteiger partial charge on any atom is -0.383 e. The van der Waals surface area contributed by atoms with E-state index in [1.807, 2.05) is 6.92 Å². The first kappa shape index (κ1) is 21.2. The Bertz CT molecular complexity index is 1160. The molecule has 0 saturated carbocycles. The number of thioether (sulfide) groups is 1. The number of benzene rings is 2.